The second-order valence-electron chi connectivity index (χ2n) is 4.56. The standard InChI is InChI=1S/C12H17N3O5S/c1-21(19,20)9-5-6-10(11(8-9)15(17)18)14-7-3-2-4-12(13)16/h5-6,8,14H,2-4,7H2,1H3,(H2,13,16). The molecule has 0 aliphatic carbocycles. The second-order valence-corrected chi connectivity index (χ2v) is 6.57. The van der Waals surface area contributed by atoms with Gasteiger partial charge in [0.2, 0.25) is 5.91 Å². The van der Waals surface area contributed by atoms with E-state index >= 15 is 0 Å². The Morgan fingerprint density at radius 1 is 1.38 bits per heavy atom. The molecule has 0 radical (unpaired) electrons. The van der Waals surface area contributed by atoms with Gasteiger partial charge in [-0.2, -0.15) is 0 Å². The number of nitrogens with zero attached hydrogens (tertiary/aromatic N) is 1. The first-order valence-electron chi connectivity index (χ1n) is 6.22. The quantitative estimate of drug-likeness (QED) is 0.419. The molecule has 0 aliphatic rings. The first-order valence-corrected chi connectivity index (χ1v) is 8.11. The van der Waals surface area contributed by atoms with E-state index in [-0.39, 0.29) is 22.7 Å². The molecule has 0 saturated carbocycles. The Morgan fingerprint density at radius 2 is 2.05 bits per heavy atom. The van der Waals surface area contributed by atoms with Crippen LogP contribution in [0.15, 0.2) is 23.1 Å². The van der Waals surface area contributed by atoms with E-state index in [1.54, 1.807) is 0 Å². The van der Waals surface area contributed by atoms with Gasteiger partial charge >= 0.3 is 0 Å². The molecule has 9 heteroatoms. The molecule has 0 saturated heterocycles. The van der Waals surface area contributed by atoms with Gasteiger partial charge in [0.05, 0.1) is 9.82 Å². The molecule has 1 rings (SSSR count). The number of benzene rings is 1. The highest BCUT2D eigenvalue weighted by atomic mass is 32.2. The van der Waals surface area contributed by atoms with Crippen molar-refractivity contribution in [2.24, 2.45) is 5.73 Å². The number of primary amides is 1. The number of anilines is 1. The Bertz CT molecular complexity index is 642. The number of nitrogens with one attached hydrogen (secondary N) is 1. The molecule has 0 heterocycles. The normalized spacial score (nSPS) is 11.1. The molecule has 0 aliphatic heterocycles. The van der Waals surface area contributed by atoms with Gasteiger partial charge in [0.25, 0.3) is 5.69 Å². The van der Waals surface area contributed by atoms with Crippen molar-refractivity contribution in [1.29, 1.82) is 0 Å². The molecular formula is C12H17N3O5S. The zero-order valence-electron chi connectivity index (χ0n) is 11.5. The number of rotatable bonds is 8. The number of carbonyl (C=O) groups is 1. The Kier molecular flexibility index (Phi) is 5.65. The third-order valence-corrected chi connectivity index (χ3v) is 3.87. The van der Waals surface area contributed by atoms with Crippen molar-refractivity contribution in [3.8, 4) is 0 Å². The van der Waals surface area contributed by atoms with Gasteiger partial charge < -0.3 is 11.1 Å². The third kappa shape index (κ3) is 5.38. The van der Waals surface area contributed by atoms with Crippen LogP contribution in [0.2, 0.25) is 0 Å². The van der Waals surface area contributed by atoms with Gasteiger partial charge in [-0.15, -0.1) is 0 Å². The van der Waals surface area contributed by atoms with E-state index < -0.39 is 20.7 Å². The lowest BCUT2D eigenvalue weighted by Gasteiger charge is -2.08. The lowest BCUT2D eigenvalue weighted by Crippen LogP contribution is -2.11. The minimum atomic E-state index is -3.50. The molecular weight excluding hydrogens is 298 g/mol. The van der Waals surface area contributed by atoms with Crippen LogP contribution in [0.5, 0.6) is 0 Å². The molecule has 21 heavy (non-hydrogen) atoms. The lowest BCUT2D eigenvalue weighted by molar-refractivity contribution is -0.384. The molecule has 0 aromatic heterocycles. The fraction of sp³-hybridized carbons (Fsp3) is 0.417. The highest BCUT2D eigenvalue weighted by Crippen LogP contribution is 2.27. The number of nitro benzene ring substituents is 1. The first-order chi connectivity index (χ1) is 9.71. The molecule has 116 valence electrons. The summed E-state index contributed by atoms with van der Waals surface area (Å²) >= 11 is 0. The van der Waals surface area contributed by atoms with Crippen LogP contribution < -0.4 is 11.1 Å². The van der Waals surface area contributed by atoms with Crippen molar-refractivity contribution in [2.75, 3.05) is 18.1 Å². The van der Waals surface area contributed by atoms with Crippen LogP contribution in [-0.4, -0.2) is 32.0 Å². The van der Waals surface area contributed by atoms with Crippen molar-refractivity contribution >= 4 is 27.1 Å². The van der Waals surface area contributed by atoms with Crippen molar-refractivity contribution in [1.82, 2.24) is 0 Å². The van der Waals surface area contributed by atoms with Crippen LogP contribution in [0.4, 0.5) is 11.4 Å². The summed E-state index contributed by atoms with van der Waals surface area (Å²) in [4.78, 5) is 20.8. The summed E-state index contributed by atoms with van der Waals surface area (Å²) in [6.45, 7) is 0.423. The van der Waals surface area contributed by atoms with E-state index in [1.807, 2.05) is 0 Å². The van der Waals surface area contributed by atoms with E-state index in [1.165, 1.54) is 12.1 Å². The van der Waals surface area contributed by atoms with E-state index in [0.717, 1.165) is 12.3 Å². The minimum Gasteiger partial charge on any atom is -0.379 e. The molecule has 8 nitrogen and oxygen atoms in total. The van der Waals surface area contributed by atoms with Crippen LogP contribution in [0, 0.1) is 10.1 Å². The molecule has 1 aromatic rings. The SMILES string of the molecule is CS(=O)(=O)c1ccc(NCCCCC(N)=O)c([N+](=O)[O-])c1. The molecule has 0 atom stereocenters. The third-order valence-electron chi connectivity index (χ3n) is 2.76. The number of sulfone groups is 1. The summed E-state index contributed by atoms with van der Waals surface area (Å²) in [5, 5.41) is 13.8. The van der Waals surface area contributed by atoms with Crippen molar-refractivity contribution in [3.63, 3.8) is 0 Å². The molecule has 0 bridgehead atoms. The van der Waals surface area contributed by atoms with Gasteiger partial charge in [-0.3, -0.25) is 14.9 Å². The lowest BCUT2D eigenvalue weighted by atomic mass is 10.2. The second kappa shape index (κ2) is 7.02. The number of nitrogens with two attached hydrogens (primary N) is 1. The highest BCUT2D eigenvalue weighted by molar-refractivity contribution is 7.90. The molecule has 0 fully saturated rings. The smallest absolute Gasteiger partial charge is 0.293 e. The number of carbonyl (C=O) groups excluding carboxylic acids is 1. The predicted molar refractivity (Wildman–Crippen MR) is 77.7 cm³/mol. The van der Waals surface area contributed by atoms with Gasteiger partial charge in [-0.25, -0.2) is 8.42 Å². The van der Waals surface area contributed by atoms with E-state index in [4.69, 9.17) is 5.73 Å². The maximum absolute atomic E-state index is 11.4. The van der Waals surface area contributed by atoms with Crippen molar-refractivity contribution < 1.29 is 18.1 Å². The van der Waals surface area contributed by atoms with Crippen LogP contribution in [0.3, 0.4) is 0 Å². The van der Waals surface area contributed by atoms with Gasteiger partial charge in [0, 0.05) is 25.3 Å². The summed E-state index contributed by atoms with van der Waals surface area (Å²) in [5.74, 6) is -0.390. The molecule has 1 amide bonds. The van der Waals surface area contributed by atoms with Gasteiger partial charge in [-0.1, -0.05) is 0 Å². The number of hydrogen-bond acceptors (Lipinski definition) is 6. The fourth-order valence-corrected chi connectivity index (χ4v) is 2.33. The van der Waals surface area contributed by atoms with Gasteiger partial charge in [-0.05, 0) is 25.0 Å². The Morgan fingerprint density at radius 3 is 2.57 bits per heavy atom. The van der Waals surface area contributed by atoms with Gasteiger partial charge in [0.1, 0.15) is 5.69 Å². The number of amides is 1. The summed E-state index contributed by atoms with van der Waals surface area (Å²) in [5.41, 5.74) is 4.95. The van der Waals surface area contributed by atoms with Crippen molar-refractivity contribution in [3.05, 3.63) is 28.3 Å². The zero-order valence-corrected chi connectivity index (χ0v) is 12.4. The van der Waals surface area contributed by atoms with Gasteiger partial charge in [0.15, 0.2) is 9.84 Å². The first kappa shape index (κ1) is 16.9. The van der Waals surface area contributed by atoms with Crippen molar-refractivity contribution in [2.45, 2.75) is 24.2 Å². The topological polar surface area (TPSA) is 132 Å². The molecule has 0 spiro atoms. The maximum Gasteiger partial charge on any atom is 0.293 e. The van der Waals surface area contributed by atoms with Crippen LogP contribution >= 0.6 is 0 Å². The van der Waals surface area contributed by atoms with Crippen LogP contribution in [0.25, 0.3) is 0 Å². The monoisotopic (exact) mass is 315 g/mol. The average molecular weight is 315 g/mol. The summed E-state index contributed by atoms with van der Waals surface area (Å²) in [6, 6.07) is 3.71. The molecule has 0 unspecified atom stereocenters. The average Bonchev–Trinajstić information content (AvgIpc) is 2.36. The van der Waals surface area contributed by atoms with Crippen LogP contribution in [0.1, 0.15) is 19.3 Å². The highest BCUT2D eigenvalue weighted by Gasteiger charge is 2.18. The number of hydrogen-bond donors (Lipinski definition) is 2. The minimum absolute atomic E-state index is 0.103. The fourth-order valence-electron chi connectivity index (χ4n) is 1.69. The van der Waals surface area contributed by atoms with E-state index in [9.17, 15) is 23.3 Å². The Balaban J connectivity index is 2.78. The number of unbranched alkanes of at least 4 members (excludes halogenated alkanes) is 1. The maximum atomic E-state index is 11.4. The Labute approximate surface area is 122 Å². The van der Waals surface area contributed by atoms with E-state index in [0.29, 0.717) is 19.4 Å². The zero-order chi connectivity index (χ0) is 16.0. The Hall–Kier alpha value is -2.16. The molecule has 1 aromatic carbocycles. The summed E-state index contributed by atoms with van der Waals surface area (Å²) in [7, 11) is -3.50. The van der Waals surface area contributed by atoms with E-state index in [2.05, 4.69) is 5.32 Å². The summed E-state index contributed by atoms with van der Waals surface area (Å²) in [6.07, 6.45) is 2.45. The molecule has 3 N–H and O–H groups in total. The summed E-state index contributed by atoms with van der Waals surface area (Å²) < 4.78 is 22.8. The largest absolute Gasteiger partial charge is 0.379 e. The van der Waals surface area contributed by atoms with Crippen LogP contribution in [-0.2, 0) is 14.6 Å². The number of nitro groups is 1. The predicted octanol–water partition coefficient (Wildman–Crippen LogP) is 1.07.